The molecule has 1 N–H and O–H groups in total. The normalized spacial score (nSPS) is 19.4. The Balaban J connectivity index is 1.21. The smallest absolute Gasteiger partial charge is 0.224 e. The van der Waals surface area contributed by atoms with E-state index < -0.39 is 0 Å². The summed E-state index contributed by atoms with van der Waals surface area (Å²) in [4.78, 5) is 17.6. The minimum atomic E-state index is 0.0805. The lowest BCUT2D eigenvalue weighted by Crippen LogP contribution is -2.43. The molecule has 160 valence electrons. The molecule has 0 spiro atoms. The lowest BCUT2D eigenvalue weighted by molar-refractivity contribution is -0.126. The van der Waals surface area contributed by atoms with Crippen molar-refractivity contribution in [3.8, 4) is 0 Å². The molecule has 0 aliphatic carbocycles. The Labute approximate surface area is 185 Å². The third-order valence-electron chi connectivity index (χ3n) is 6.34. The third-order valence-corrected chi connectivity index (χ3v) is 6.71. The van der Waals surface area contributed by atoms with E-state index in [1.54, 1.807) is 0 Å². The molecule has 0 bridgehead atoms. The van der Waals surface area contributed by atoms with Crippen LogP contribution in [0.5, 0.6) is 0 Å². The molecule has 0 aromatic heterocycles. The van der Waals surface area contributed by atoms with E-state index in [2.05, 4.69) is 45.4 Å². The van der Waals surface area contributed by atoms with E-state index in [1.807, 2.05) is 18.2 Å². The van der Waals surface area contributed by atoms with Gasteiger partial charge in [-0.05, 0) is 61.9 Å². The van der Waals surface area contributed by atoms with Gasteiger partial charge in [0.05, 0.1) is 5.92 Å². The molecule has 30 heavy (non-hydrogen) atoms. The molecule has 5 heteroatoms. The quantitative estimate of drug-likeness (QED) is 0.663. The van der Waals surface area contributed by atoms with Crippen LogP contribution >= 0.6 is 11.6 Å². The van der Waals surface area contributed by atoms with Crippen LogP contribution in [-0.4, -0.2) is 43.5 Å². The Morgan fingerprint density at radius 2 is 1.90 bits per heavy atom. The van der Waals surface area contributed by atoms with E-state index in [1.165, 1.54) is 24.1 Å². The average Bonchev–Trinajstić information content (AvgIpc) is 2.78. The SMILES string of the molecule is O=C(NCCCN1CCCc2ccccc21)[C@H]1CCCN(Cc2ccccc2Cl)C1. The first-order valence-corrected chi connectivity index (χ1v) is 11.6. The summed E-state index contributed by atoms with van der Waals surface area (Å²) in [7, 11) is 0. The van der Waals surface area contributed by atoms with Gasteiger partial charge in [0.1, 0.15) is 0 Å². The number of hydrogen-bond acceptors (Lipinski definition) is 3. The fraction of sp³-hybridized carbons (Fsp3) is 0.480. The van der Waals surface area contributed by atoms with E-state index in [0.29, 0.717) is 0 Å². The van der Waals surface area contributed by atoms with Crippen LogP contribution < -0.4 is 10.2 Å². The monoisotopic (exact) mass is 425 g/mol. The van der Waals surface area contributed by atoms with Gasteiger partial charge in [-0.3, -0.25) is 9.69 Å². The van der Waals surface area contributed by atoms with Gasteiger partial charge in [0.15, 0.2) is 0 Å². The maximum absolute atomic E-state index is 12.7. The Bertz CT molecular complexity index is 856. The number of halogens is 1. The van der Waals surface area contributed by atoms with Crippen molar-refractivity contribution in [1.82, 2.24) is 10.2 Å². The zero-order valence-corrected chi connectivity index (χ0v) is 18.4. The van der Waals surface area contributed by atoms with Crippen LogP contribution in [0.4, 0.5) is 5.69 Å². The number of nitrogens with one attached hydrogen (secondary N) is 1. The summed E-state index contributed by atoms with van der Waals surface area (Å²) in [6.07, 6.45) is 5.41. The number of anilines is 1. The number of nitrogens with zero attached hydrogens (tertiary/aromatic N) is 2. The van der Waals surface area contributed by atoms with Gasteiger partial charge in [-0.2, -0.15) is 0 Å². The second-order valence-electron chi connectivity index (χ2n) is 8.53. The number of aryl methyl sites for hydroxylation is 1. The number of carbonyl (C=O) groups excluding carboxylic acids is 1. The van der Waals surface area contributed by atoms with Gasteiger partial charge in [-0.15, -0.1) is 0 Å². The number of rotatable bonds is 7. The van der Waals surface area contributed by atoms with Crippen LogP contribution in [-0.2, 0) is 17.8 Å². The number of amides is 1. The average molecular weight is 426 g/mol. The second kappa shape index (κ2) is 10.3. The highest BCUT2D eigenvalue weighted by Gasteiger charge is 2.26. The van der Waals surface area contributed by atoms with Gasteiger partial charge in [0, 0.05) is 43.4 Å². The van der Waals surface area contributed by atoms with E-state index in [9.17, 15) is 4.79 Å². The highest BCUT2D eigenvalue weighted by Crippen LogP contribution is 2.26. The third kappa shape index (κ3) is 5.35. The summed E-state index contributed by atoms with van der Waals surface area (Å²) in [5.41, 5.74) is 3.97. The summed E-state index contributed by atoms with van der Waals surface area (Å²) in [5.74, 6) is 0.287. The highest BCUT2D eigenvalue weighted by atomic mass is 35.5. The molecule has 1 saturated heterocycles. The Kier molecular flexibility index (Phi) is 7.29. The van der Waals surface area contributed by atoms with Crippen LogP contribution in [0.3, 0.4) is 0 Å². The summed E-state index contributed by atoms with van der Waals surface area (Å²) in [5, 5.41) is 4.00. The lowest BCUT2D eigenvalue weighted by Gasteiger charge is -2.33. The maximum Gasteiger partial charge on any atom is 0.224 e. The van der Waals surface area contributed by atoms with Crippen LogP contribution in [0, 0.1) is 5.92 Å². The van der Waals surface area contributed by atoms with Crippen molar-refractivity contribution < 1.29 is 4.79 Å². The lowest BCUT2D eigenvalue weighted by atomic mass is 9.96. The molecule has 2 aromatic rings. The molecule has 4 nitrogen and oxygen atoms in total. The minimum absolute atomic E-state index is 0.0805. The molecular weight excluding hydrogens is 394 g/mol. The molecule has 2 aliphatic heterocycles. The Hall–Kier alpha value is -2.04. The largest absolute Gasteiger partial charge is 0.371 e. The molecule has 1 fully saturated rings. The fourth-order valence-electron chi connectivity index (χ4n) is 4.75. The first-order valence-electron chi connectivity index (χ1n) is 11.3. The number of fused-ring (bicyclic) bond motifs is 1. The molecule has 0 unspecified atom stereocenters. The number of hydrogen-bond donors (Lipinski definition) is 1. The van der Waals surface area contributed by atoms with Crippen molar-refractivity contribution in [1.29, 1.82) is 0 Å². The predicted octanol–water partition coefficient (Wildman–Crippen LogP) is 4.51. The molecule has 0 saturated carbocycles. The molecule has 2 heterocycles. The first-order chi connectivity index (χ1) is 14.7. The van der Waals surface area contributed by atoms with E-state index in [4.69, 9.17) is 11.6 Å². The number of likely N-dealkylation sites (tertiary alicyclic amines) is 1. The van der Waals surface area contributed by atoms with Gasteiger partial charge in [0.25, 0.3) is 0 Å². The van der Waals surface area contributed by atoms with Crippen molar-refractivity contribution in [3.63, 3.8) is 0 Å². The highest BCUT2D eigenvalue weighted by molar-refractivity contribution is 6.31. The van der Waals surface area contributed by atoms with Crippen molar-refractivity contribution >= 4 is 23.2 Å². The van der Waals surface area contributed by atoms with Crippen molar-refractivity contribution in [3.05, 3.63) is 64.7 Å². The van der Waals surface area contributed by atoms with Crippen LogP contribution in [0.1, 0.15) is 36.8 Å². The van der Waals surface area contributed by atoms with Crippen molar-refractivity contribution in [2.75, 3.05) is 37.6 Å². The van der Waals surface area contributed by atoms with Crippen LogP contribution in [0.15, 0.2) is 48.5 Å². The van der Waals surface area contributed by atoms with Crippen LogP contribution in [0.25, 0.3) is 0 Å². The van der Waals surface area contributed by atoms with E-state index in [0.717, 1.165) is 69.1 Å². The zero-order valence-electron chi connectivity index (χ0n) is 17.7. The molecular formula is C25H32ClN3O. The standard InChI is InChI=1S/C25H32ClN3O/c26-23-12-3-1-9-21(23)18-28-15-5-11-22(19-28)25(30)27-14-7-17-29-16-6-10-20-8-2-4-13-24(20)29/h1-4,8-9,12-13,22H,5-7,10-11,14-19H2,(H,27,30)/t22-/m0/s1. The first kappa shape index (κ1) is 21.2. The van der Waals surface area contributed by atoms with Crippen molar-refractivity contribution in [2.45, 2.75) is 38.6 Å². The van der Waals surface area contributed by atoms with Gasteiger partial charge >= 0.3 is 0 Å². The molecule has 2 aromatic carbocycles. The molecule has 2 aliphatic rings. The van der Waals surface area contributed by atoms with Gasteiger partial charge < -0.3 is 10.2 Å². The summed E-state index contributed by atoms with van der Waals surface area (Å²) in [6, 6.07) is 16.7. The number of carbonyl (C=O) groups is 1. The summed E-state index contributed by atoms with van der Waals surface area (Å²) >= 11 is 6.31. The molecule has 0 radical (unpaired) electrons. The molecule has 1 atom stereocenters. The van der Waals surface area contributed by atoms with Crippen molar-refractivity contribution in [2.24, 2.45) is 5.92 Å². The minimum Gasteiger partial charge on any atom is -0.371 e. The zero-order chi connectivity index (χ0) is 20.8. The second-order valence-corrected chi connectivity index (χ2v) is 8.94. The summed E-state index contributed by atoms with van der Waals surface area (Å²) < 4.78 is 0. The van der Waals surface area contributed by atoms with E-state index in [-0.39, 0.29) is 11.8 Å². The number of para-hydroxylation sites is 1. The maximum atomic E-state index is 12.7. The summed E-state index contributed by atoms with van der Waals surface area (Å²) in [6.45, 7) is 5.53. The predicted molar refractivity (Wildman–Crippen MR) is 124 cm³/mol. The van der Waals surface area contributed by atoms with Gasteiger partial charge in [-0.25, -0.2) is 0 Å². The number of benzene rings is 2. The fourth-order valence-corrected chi connectivity index (χ4v) is 4.95. The number of piperidine rings is 1. The Morgan fingerprint density at radius 3 is 2.80 bits per heavy atom. The van der Waals surface area contributed by atoms with Gasteiger partial charge in [-0.1, -0.05) is 48.0 Å². The van der Waals surface area contributed by atoms with Gasteiger partial charge in [0.2, 0.25) is 5.91 Å². The molecule has 1 amide bonds. The molecule has 4 rings (SSSR count). The van der Waals surface area contributed by atoms with Crippen LogP contribution in [0.2, 0.25) is 5.02 Å². The Morgan fingerprint density at radius 1 is 1.07 bits per heavy atom. The van der Waals surface area contributed by atoms with E-state index >= 15 is 0 Å². The topological polar surface area (TPSA) is 35.6 Å².